The van der Waals surface area contributed by atoms with Gasteiger partial charge in [0, 0.05) is 30.6 Å². The number of sulfonamides is 1. The van der Waals surface area contributed by atoms with Crippen molar-refractivity contribution in [1.29, 1.82) is 5.41 Å². The zero-order valence-electron chi connectivity index (χ0n) is 19.2. The second kappa shape index (κ2) is 12.2. The maximum Gasteiger partial charge on any atom is 0.326 e. The standard InChI is InChI=1S/C23H29N5O6S/c1-2-23(22(31)32,28-35(33,34)18-6-4-3-5-7-18)15-27-20(30)12-13-26-14-19(29)16-8-10-17(11-9-16)21(24)25/h3-11,26,28H,2,12-15H2,1H3,(H3,24,25)(H,27,30)(H,31,32)/t23-/m0/s1. The Hall–Kier alpha value is -3.61. The molecule has 0 unspecified atom stereocenters. The number of rotatable bonds is 14. The molecule has 2 rings (SSSR count). The van der Waals surface area contributed by atoms with Gasteiger partial charge in [-0.1, -0.05) is 49.4 Å². The number of ketones is 1. The van der Waals surface area contributed by atoms with Crippen molar-refractivity contribution in [3.63, 3.8) is 0 Å². The van der Waals surface area contributed by atoms with Crippen molar-refractivity contribution in [2.45, 2.75) is 30.2 Å². The van der Waals surface area contributed by atoms with Gasteiger partial charge < -0.3 is 21.5 Å². The summed E-state index contributed by atoms with van der Waals surface area (Å²) in [4.78, 5) is 36.3. The molecule has 0 aliphatic rings. The molecule has 2 aromatic carbocycles. The minimum atomic E-state index is -4.14. The summed E-state index contributed by atoms with van der Waals surface area (Å²) in [5.74, 6) is -2.24. The number of amides is 1. The molecule has 2 aromatic rings. The molecule has 0 fully saturated rings. The molecule has 0 aliphatic carbocycles. The van der Waals surface area contributed by atoms with Crippen LogP contribution < -0.4 is 21.1 Å². The Morgan fingerprint density at radius 2 is 1.63 bits per heavy atom. The molecule has 1 amide bonds. The number of amidine groups is 1. The number of nitrogens with one attached hydrogen (secondary N) is 4. The predicted molar refractivity (Wildman–Crippen MR) is 130 cm³/mol. The lowest BCUT2D eigenvalue weighted by molar-refractivity contribution is -0.144. The monoisotopic (exact) mass is 503 g/mol. The van der Waals surface area contributed by atoms with Crippen LogP contribution in [0.1, 0.15) is 35.7 Å². The molecule has 188 valence electrons. The van der Waals surface area contributed by atoms with Crippen LogP contribution in [0.2, 0.25) is 0 Å². The second-order valence-corrected chi connectivity index (χ2v) is 9.46. The molecule has 0 saturated carbocycles. The highest BCUT2D eigenvalue weighted by Crippen LogP contribution is 2.16. The van der Waals surface area contributed by atoms with Gasteiger partial charge in [0.05, 0.1) is 11.4 Å². The van der Waals surface area contributed by atoms with E-state index in [0.717, 1.165) is 0 Å². The lowest BCUT2D eigenvalue weighted by Crippen LogP contribution is -2.60. The number of Topliss-reactive ketones (excluding diaryl/α,β-unsaturated/α-hetero) is 1. The van der Waals surface area contributed by atoms with Crippen LogP contribution >= 0.6 is 0 Å². The first-order valence-corrected chi connectivity index (χ1v) is 12.3. The van der Waals surface area contributed by atoms with E-state index in [9.17, 15) is 27.9 Å². The summed E-state index contributed by atoms with van der Waals surface area (Å²) < 4.78 is 27.5. The predicted octanol–water partition coefficient (Wildman–Crippen LogP) is 0.461. The number of nitrogen functional groups attached to an aromatic ring is 1. The smallest absolute Gasteiger partial charge is 0.326 e. The molecule has 0 bridgehead atoms. The normalized spacial score (nSPS) is 12.9. The van der Waals surface area contributed by atoms with Gasteiger partial charge in [0.1, 0.15) is 11.4 Å². The first-order valence-electron chi connectivity index (χ1n) is 10.8. The second-order valence-electron chi connectivity index (χ2n) is 7.78. The van der Waals surface area contributed by atoms with Gasteiger partial charge in [0.25, 0.3) is 0 Å². The Morgan fingerprint density at radius 3 is 2.17 bits per heavy atom. The summed E-state index contributed by atoms with van der Waals surface area (Å²) in [5.41, 5.74) is 4.38. The quantitative estimate of drug-likeness (QED) is 0.0926. The zero-order chi connectivity index (χ0) is 26.1. The van der Waals surface area contributed by atoms with Crippen LogP contribution in [0.3, 0.4) is 0 Å². The van der Waals surface area contributed by atoms with Crippen molar-refractivity contribution in [2.75, 3.05) is 19.6 Å². The molecule has 12 heteroatoms. The Bertz CT molecular complexity index is 1170. The summed E-state index contributed by atoms with van der Waals surface area (Å²) in [6, 6.07) is 13.6. The average Bonchev–Trinajstić information content (AvgIpc) is 2.84. The zero-order valence-corrected chi connectivity index (χ0v) is 20.0. The van der Waals surface area contributed by atoms with Gasteiger partial charge >= 0.3 is 5.97 Å². The number of carboxylic acid groups (broad SMARTS) is 1. The molecule has 0 spiro atoms. The van der Waals surface area contributed by atoms with Crippen LogP contribution in [0.5, 0.6) is 0 Å². The molecule has 11 nitrogen and oxygen atoms in total. The average molecular weight is 504 g/mol. The number of hydrogen-bond acceptors (Lipinski definition) is 7. The molecule has 0 radical (unpaired) electrons. The fourth-order valence-corrected chi connectivity index (χ4v) is 4.55. The minimum Gasteiger partial charge on any atom is -0.480 e. The van der Waals surface area contributed by atoms with Crippen LogP contribution in [0.25, 0.3) is 0 Å². The fourth-order valence-electron chi connectivity index (χ4n) is 3.10. The number of carbonyl (C=O) groups excluding carboxylic acids is 2. The number of aliphatic carboxylic acids is 1. The number of carboxylic acids is 1. The maximum absolute atomic E-state index is 12.7. The van der Waals surface area contributed by atoms with E-state index < -0.39 is 34.0 Å². The number of carbonyl (C=O) groups is 3. The minimum absolute atomic E-state index is 0.0302. The highest BCUT2D eigenvalue weighted by Gasteiger charge is 2.41. The molecule has 35 heavy (non-hydrogen) atoms. The van der Waals surface area contributed by atoms with Crippen LogP contribution in [0, 0.1) is 5.41 Å². The largest absolute Gasteiger partial charge is 0.480 e. The van der Waals surface area contributed by atoms with E-state index in [0.29, 0.717) is 11.1 Å². The van der Waals surface area contributed by atoms with Gasteiger partial charge in [-0.3, -0.25) is 19.8 Å². The van der Waals surface area contributed by atoms with E-state index in [1.807, 2.05) is 0 Å². The van der Waals surface area contributed by atoms with Crippen LogP contribution in [-0.4, -0.2) is 62.2 Å². The van der Waals surface area contributed by atoms with E-state index in [-0.39, 0.29) is 42.4 Å². The molecule has 0 aromatic heterocycles. The third kappa shape index (κ3) is 7.70. The summed E-state index contributed by atoms with van der Waals surface area (Å²) in [5, 5.41) is 22.4. The van der Waals surface area contributed by atoms with Crippen molar-refractivity contribution in [2.24, 2.45) is 5.73 Å². The topological polar surface area (TPSA) is 192 Å². The van der Waals surface area contributed by atoms with Crippen molar-refractivity contribution >= 4 is 33.5 Å². The Kier molecular flexibility index (Phi) is 9.63. The lowest BCUT2D eigenvalue weighted by atomic mass is 9.98. The van der Waals surface area contributed by atoms with Crippen LogP contribution in [-0.2, 0) is 19.6 Å². The molecular formula is C23H29N5O6S. The van der Waals surface area contributed by atoms with Gasteiger partial charge in [-0.25, -0.2) is 8.42 Å². The summed E-state index contributed by atoms with van der Waals surface area (Å²) in [7, 11) is -4.14. The fraction of sp³-hybridized carbons (Fsp3) is 0.304. The Balaban J connectivity index is 1.87. The Morgan fingerprint density at radius 1 is 1.03 bits per heavy atom. The van der Waals surface area contributed by atoms with E-state index in [4.69, 9.17) is 11.1 Å². The lowest BCUT2D eigenvalue weighted by Gasteiger charge is -2.29. The van der Waals surface area contributed by atoms with Gasteiger partial charge in [-0.2, -0.15) is 4.72 Å². The van der Waals surface area contributed by atoms with E-state index in [2.05, 4.69) is 15.4 Å². The summed E-state index contributed by atoms with van der Waals surface area (Å²) in [6.07, 6.45) is -0.161. The van der Waals surface area contributed by atoms with Crippen molar-refractivity contribution in [1.82, 2.24) is 15.4 Å². The van der Waals surface area contributed by atoms with Crippen molar-refractivity contribution in [3.05, 3.63) is 65.7 Å². The summed E-state index contributed by atoms with van der Waals surface area (Å²) >= 11 is 0. The highest BCUT2D eigenvalue weighted by molar-refractivity contribution is 7.89. The first kappa shape index (κ1) is 27.6. The Labute approximate surface area is 203 Å². The third-order valence-corrected chi connectivity index (χ3v) is 6.87. The van der Waals surface area contributed by atoms with Crippen molar-refractivity contribution in [3.8, 4) is 0 Å². The van der Waals surface area contributed by atoms with Gasteiger partial charge in [0.15, 0.2) is 5.78 Å². The molecule has 0 saturated heterocycles. The van der Waals surface area contributed by atoms with Gasteiger partial charge in [-0.05, 0) is 18.6 Å². The van der Waals surface area contributed by atoms with Gasteiger partial charge in [0.2, 0.25) is 15.9 Å². The molecule has 7 N–H and O–H groups in total. The van der Waals surface area contributed by atoms with E-state index >= 15 is 0 Å². The SMILES string of the molecule is CC[C@@](CNC(=O)CCNCC(=O)c1ccc(C(=N)N)cc1)(NS(=O)(=O)c1ccccc1)C(=O)O. The van der Waals surface area contributed by atoms with Crippen molar-refractivity contribution < 1.29 is 27.9 Å². The third-order valence-electron chi connectivity index (χ3n) is 5.32. The number of benzene rings is 2. The molecule has 1 atom stereocenters. The van der Waals surface area contributed by atoms with E-state index in [1.165, 1.54) is 31.2 Å². The maximum atomic E-state index is 12.7. The number of nitrogens with two attached hydrogens (primary N) is 1. The van der Waals surface area contributed by atoms with Gasteiger partial charge in [-0.15, -0.1) is 0 Å². The molecular weight excluding hydrogens is 474 g/mol. The number of hydrogen-bond donors (Lipinski definition) is 6. The molecule has 0 aliphatic heterocycles. The summed E-state index contributed by atoms with van der Waals surface area (Å²) in [6.45, 7) is 1.16. The van der Waals surface area contributed by atoms with Crippen LogP contribution in [0.15, 0.2) is 59.5 Å². The van der Waals surface area contributed by atoms with E-state index in [1.54, 1.807) is 30.3 Å². The first-order chi connectivity index (χ1) is 16.5. The van der Waals surface area contributed by atoms with Crippen LogP contribution in [0.4, 0.5) is 0 Å². The highest BCUT2D eigenvalue weighted by atomic mass is 32.2. The molecule has 0 heterocycles.